The largest absolute Gasteiger partial charge is 0.507 e. The van der Waals surface area contributed by atoms with Crippen molar-refractivity contribution in [3.63, 3.8) is 0 Å². The van der Waals surface area contributed by atoms with Crippen LogP contribution in [0.3, 0.4) is 0 Å². The van der Waals surface area contributed by atoms with Crippen molar-refractivity contribution in [2.24, 2.45) is 5.16 Å². The Kier molecular flexibility index (Phi) is 3.58. The fourth-order valence-electron chi connectivity index (χ4n) is 2.70. The van der Waals surface area contributed by atoms with Gasteiger partial charge in [0, 0.05) is 25.1 Å². The zero-order valence-electron chi connectivity index (χ0n) is 11.3. The molecule has 1 aromatic rings. The van der Waals surface area contributed by atoms with E-state index in [1.807, 2.05) is 11.0 Å². The molecule has 5 heteroatoms. The summed E-state index contributed by atoms with van der Waals surface area (Å²) in [6, 6.07) is 6.98. The van der Waals surface area contributed by atoms with E-state index in [9.17, 15) is 9.90 Å². The van der Waals surface area contributed by atoms with Crippen molar-refractivity contribution in [3.8, 4) is 5.75 Å². The molecule has 1 amide bonds. The lowest BCUT2D eigenvalue weighted by Gasteiger charge is -2.28. The van der Waals surface area contributed by atoms with Gasteiger partial charge in [0.1, 0.15) is 5.75 Å². The molecule has 1 saturated heterocycles. The number of oxime groups is 1. The number of carbonyl (C=O) groups is 1. The first-order valence-corrected chi connectivity index (χ1v) is 7.05. The van der Waals surface area contributed by atoms with E-state index in [0.717, 1.165) is 25.9 Å². The molecule has 3 rings (SSSR count). The number of nitrogens with zero attached hydrogens (tertiary/aromatic N) is 2. The lowest BCUT2D eigenvalue weighted by Crippen LogP contribution is -2.42. The van der Waals surface area contributed by atoms with Crippen molar-refractivity contribution < 1.29 is 14.7 Å². The Morgan fingerprint density at radius 1 is 1.25 bits per heavy atom. The number of phenols is 1. The lowest BCUT2D eigenvalue weighted by molar-refractivity contribution is -0.143. The Morgan fingerprint density at radius 2 is 2.00 bits per heavy atom. The molecule has 5 nitrogen and oxygen atoms in total. The minimum Gasteiger partial charge on any atom is -0.507 e. The summed E-state index contributed by atoms with van der Waals surface area (Å²) in [4.78, 5) is 19.5. The fraction of sp³-hybridized carbons (Fsp3) is 0.467. The number of aromatic hydroxyl groups is 1. The van der Waals surface area contributed by atoms with E-state index in [2.05, 4.69) is 5.16 Å². The van der Waals surface area contributed by atoms with Crippen LogP contribution >= 0.6 is 0 Å². The van der Waals surface area contributed by atoms with Gasteiger partial charge in [-0.15, -0.1) is 0 Å². The van der Waals surface area contributed by atoms with Crippen molar-refractivity contribution in [2.45, 2.75) is 31.8 Å². The van der Waals surface area contributed by atoms with Crippen LogP contribution in [-0.4, -0.2) is 40.8 Å². The molecule has 1 aromatic carbocycles. The van der Waals surface area contributed by atoms with Crippen LogP contribution in [0.5, 0.6) is 5.75 Å². The van der Waals surface area contributed by atoms with Gasteiger partial charge in [-0.25, -0.2) is 0 Å². The van der Waals surface area contributed by atoms with Gasteiger partial charge in [-0.05, 0) is 31.4 Å². The monoisotopic (exact) mass is 274 g/mol. The van der Waals surface area contributed by atoms with Gasteiger partial charge < -0.3 is 14.8 Å². The van der Waals surface area contributed by atoms with Crippen molar-refractivity contribution >= 4 is 11.6 Å². The van der Waals surface area contributed by atoms with E-state index in [1.165, 1.54) is 6.42 Å². The summed E-state index contributed by atoms with van der Waals surface area (Å²) in [6.07, 6.45) is 3.20. The molecule has 1 atom stereocenters. The van der Waals surface area contributed by atoms with Crippen LogP contribution in [-0.2, 0) is 9.63 Å². The number of rotatable bonds is 2. The lowest BCUT2D eigenvalue weighted by atomic mass is 10.0. The number of hydrogen-bond acceptors (Lipinski definition) is 4. The Morgan fingerprint density at radius 3 is 2.75 bits per heavy atom. The summed E-state index contributed by atoms with van der Waals surface area (Å²) in [5.74, 6) is 0.180. The maximum absolute atomic E-state index is 12.3. The number of para-hydroxylation sites is 1. The summed E-state index contributed by atoms with van der Waals surface area (Å²) in [7, 11) is 0. The van der Waals surface area contributed by atoms with Gasteiger partial charge in [-0.2, -0.15) is 0 Å². The molecule has 0 aliphatic carbocycles. The number of likely N-dealkylation sites (tertiary alicyclic amines) is 1. The Balaban J connectivity index is 1.66. The summed E-state index contributed by atoms with van der Waals surface area (Å²) < 4.78 is 0. The van der Waals surface area contributed by atoms with Crippen LogP contribution in [0.4, 0.5) is 0 Å². The van der Waals surface area contributed by atoms with Crippen LogP contribution in [0.2, 0.25) is 0 Å². The van der Waals surface area contributed by atoms with Crippen LogP contribution < -0.4 is 0 Å². The maximum Gasteiger partial charge on any atom is 0.266 e. The summed E-state index contributed by atoms with van der Waals surface area (Å²) >= 11 is 0. The average molecular weight is 274 g/mol. The van der Waals surface area contributed by atoms with Crippen LogP contribution in [0, 0.1) is 0 Å². The van der Waals surface area contributed by atoms with E-state index in [0.29, 0.717) is 17.7 Å². The molecule has 0 spiro atoms. The van der Waals surface area contributed by atoms with Gasteiger partial charge >= 0.3 is 0 Å². The molecule has 2 aliphatic heterocycles. The third kappa shape index (κ3) is 2.48. The highest BCUT2D eigenvalue weighted by Gasteiger charge is 2.33. The predicted molar refractivity (Wildman–Crippen MR) is 74.6 cm³/mol. The normalized spacial score (nSPS) is 22.3. The fourth-order valence-corrected chi connectivity index (χ4v) is 2.70. The van der Waals surface area contributed by atoms with E-state index in [1.54, 1.807) is 18.2 Å². The first-order chi connectivity index (χ1) is 9.75. The minimum atomic E-state index is -0.539. The molecule has 1 fully saturated rings. The van der Waals surface area contributed by atoms with Gasteiger partial charge in [0.05, 0.1) is 5.71 Å². The van der Waals surface area contributed by atoms with Crippen molar-refractivity contribution in [1.29, 1.82) is 0 Å². The van der Waals surface area contributed by atoms with Crippen molar-refractivity contribution in [3.05, 3.63) is 29.8 Å². The molecule has 0 radical (unpaired) electrons. The van der Waals surface area contributed by atoms with Crippen LogP contribution in [0.1, 0.15) is 31.2 Å². The summed E-state index contributed by atoms with van der Waals surface area (Å²) in [5.41, 5.74) is 1.28. The molecule has 2 heterocycles. The molecule has 0 saturated carbocycles. The second-order valence-corrected chi connectivity index (χ2v) is 5.24. The van der Waals surface area contributed by atoms with E-state index in [4.69, 9.17) is 4.84 Å². The molecule has 20 heavy (non-hydrogen) atoms. The van der Waals surface area contributed by atoms with Crippen LogP contribution in [0.25, 0.3) is 0 Å². The SMILES string of the molecule is O=C([C@@H]1CC(c2ccccc2O)=NO1)N1CCCCC1. The highest BCUT2D eigenvalue weighted by Crippen LogP contribution is 2.25. The zero-order chi connectivity index (χ0) is 13.9. The van der Waals surface area contributed by atoms with Gasteiger partial charge in [0.15, 0.2) is 0 Å². The molecule has 0 aromatic heterocycles. The number of benzene rings is 1. The standard InChI is InChI=1S/C15H18N2O3/c18-13-7-3-2-6-11(13)12-10-14(20-16-12)15(19)17-8-4-1-5-9-17/h2-3,6-7,14,18H,1,4-5,8-10H2/t14-/m0/s1. The molecule has 2 aliphatic rings. The second kappa shape index (κ2) is 5.53. The van der Waals surface area contributed by atoms with E-state index in [-0.39, 0.29) is 11.7 Å². The first kappa shape index (κ1) is 13.0. The number of piperidine rings is 1. The van der Waals surface area contributed by atoms with Crippen molar-refractivity contribution in [1.82, 2.24) is 4.90 Å². The number of phenolic OH excluding ortho intramolecular Hbond substituents is 1. The van der Waals surface area contributed by atoms with Crippen LogP contribution in [0.15, 0.2) is 29.4 Å². The number of hydrogen-bond donors (Lipinski definition) is 1. The third-order valence-electron chi connectivity index (χ3n) is 3.83. The summed E-state index contributed by atoms with van der Waals surface area (Å²) in [6.45, 7) is 1.62. The molecule has 0 unspecified atom stereocenters. The molecule has 1 N–H and O–H groups in total. The topological polar surface area (TPSA) is 62.1 Å². The Bertz CT molecular complexity index is 536. The molecular weight excluding hydrogens is 256 g/mol. The Hall–Kier alpha value is -2.04. The van der Waals surface area contributed by atoms with Gasteiger partial charge in [0.2, 0.25) is 6.10 Å². The first-order valence-electron chi connectivity index (χ1n) is 7.05. The molecular formula is C15H18N2O3. The highest BCUT2D eigenvalue weighted by molar-refractivity contribution is 6.05. The van der Waals surface area contributed by atoms with E-state index < -0.39 is 6.10 Å². The zero-order valence-corrected chi connectivity index (χ0v) is 11.3. The molecule has 0 bridgehead atoms. The summed E-state index contributed by atoms with van der Waals surface area (Å²) in [5, 5.41) is 13.8. The smallest absolute Gasteiger partial charge is 0.266 e. The molecule has 106 valence electrons. The van der Waals surface area contributed by atoms with Gasteiger partial charge in [-0.3, -0.25) is 4.79 Å². The van der Waals surface area contributed by atoms with Crippen molar-refractivity contribution in [2.75, 3.05) is 13.1 Å². The second-order valence-electron chi connectivity index (χ2n) is 5.24. The Labute approximate surface area is 117 Å². The highest BCUT2D eigenvalue weighted by atomic mass is 16.6. The quantitative estimate of drug-likeness (QED) is 0.896. The predicted octanol–water partition coefficient (Wildman–Crippen LogP) is 1.90. The third-order valence-corrected chi connectivity index (χ3v) is 3.83. The van der Waals surface area contributed by atoms with Gasteiger partial charge in [-0.1, -0.05) is 17.3 Å². The average Bonchev–Trinajstić information content (AvgIpc) is 2.97. The minimum absolute atomic E-state index is 0.0128. The number of carbonyl (C=O) groups excluding carboxylic acids is 1. The maximum atomic E-state index is 12.3. The number of amides is 1. The van der Waals surface area contributed by atoms with E-state index >= 15 is 0 Å². The van der Waals surface area contributed by atoms with Gasteiger partial charge in [0.25, 0.3) is 5.91 Å².